The van der Waals surface area contributed by atoms with Gasteiger partial charge in [-0.1, -0.05) is 6.92 Å². The first-order valence-electron chi connectivity index (χ1n) is 4.41. The second-order valence-electron chi connectivity index (χ2n) is 3.36. The van der Waals surface area contributed by atoms with Crippen LogP contribution in [0.25, 0.3) is 4.96 Å². The Kier molecular flexibility index (Phi) is 2.33. The fraction of sp³-hybridized carbons (Fsp3) is 0.444. The van der Waals surface area contributed by atoms with Gasteiger partial charge in [-0.25, -0.2) is 4.98 Å². The van der Waals surface area contributed by atoms with Crippen molar-refractivity contribution in [2.24, 2.45) is 11.7 Å². The molecule has 0 fully saturated rings. The number of nitrogens with zero attached hydrogens (tertiary/aromatic N) is 2. The van der Waals surface area contributed by atoms with Crippen LogP contribution >= 0.6 is 11.3 Å². The maximum Gasteiger partial charge on any atom is 0.193 e. The first kappa shape index (κ1) is 8.72. The smallest absolute Gasteiger partial charge is 0.193 e. The maximum absolute atomic E-state index is 5.57. The molecule has 0 amide bonds. The molecule has 0 saturated heterocycles. The molecular formula is C9H13N3S. The van der Waals surface area contributed by atoms with E-state index in [4.69, 9.17) is 5.73 Å². The van der Waals surface area contributed by atoms with Crippen LogP contribution in [-0.4, -0.2) is 15.9 Å². The summed E-state index contributed by atoms with van der Waals surface area (Å²) < 4.78 is 2.06. The van der Waals surface area contributed by atoms with E-state index in [1.165, 1.54) is 4.88 Å². The van der Waals surface area contributed by atoms with Gasteiger partial charge >= 0.3 is 0 Å². The molecule has 0 bridgehead atoms. The molecule has 0 radical (unpaired) electrons. The van der Waals surface area contributed by atoms with E-state index in [9.17, 15) is 0 Å². The van der Waals surface area contributed by atoms with Gasteiger partial charge in [0.2, 0.25) is 0 Å². The van der Waals surface area contributed by atoms with Crippen LogP contribution in [0.3, 0.4) is 0 Å². The molecule has 2 heterocycles. The standard InChI is InChI=1S/C9H13N3S/c1-7(5-10)4-8-6-12-3-2-11-9(12)13-8/h2-3,6-7H,4-5,10H2,1H3. The molecule has 1 unspecified atom stereocenters. The van der Waals surface area contributed by atoms with Gasteiger partial charge in [-0.2, -0.15) is 0 Å². The zero-order chi connectivity index (χ0) is 9.26. The van der Waals surface area contributed by atoms with Crippen molar-refractivity contribution >= 4 is 16.3 Å². The Hall–Kier alpha value is -0.870. The third-order valence-electron chi connectivity index (χ3n) is 2.09. The van der Waals surface area contributed by atoms with E-state index in [1.54, 1.807) is 11.3 Å². The van der Waals surface area contributed by atoms with Crippen LogP contribution in [0.4, 0.5) is 0 Å². The summed E-state index contributed by atoms with van der Waals surface area (Å²) in [5.74, 6) is 0.559. The van der Waals surface area contributed by atoms with Crippen LogP contribution < -0.4 is 5.73 Å². The third-order valence-corrected chi connectivity index (χ3v) is 3.12. The van der Waals surface area contributed by atoms with Gasteiger partial charge in [0, 0.05) is 23.5 Å². The summed E-state index contributed by atoms with van der Waals surface area (Å²) in [4.78, 5) is 6.65. The first-order valence-corrected chi connectivity index (χ1v) is 5.22. The Balaban J connectivity index is 2.20. The van der Waals surface area contributed by atoms with Crippen molar-refractivity contribution in [2.45, 2.75) is 13.3 Å². The van der Waals surface area contributed by atoms with Crippen molar-refractivity contribution in [2.75, 3.05) is 6.54 Å². The largest absolute Gasteiger partial charge is 0.330 e. The average Bonchev–Trinajstić information content (AvgIpc) is 2.63. The number of rotatable bonds is 3. The normalized spacial score (nSPS) is 13.7. The fourth-order valence-electron chi connectivity index (χ4n) is 1.30. The number of hydrogen-bond donors (Lipinski definition) is 1. The van der Waals surface area contributed by atoms with Crippen LogP contribution in [0.1, 0.15) is 11.8 Å². The van der Waals surface area contributed by atoms with Gasteiger partial charge in [-0.15, -0.1) is 11.3 Å². The summed E-state index contributed by atoms with van der Waals surface area (Å²) in [6.07, 6.45) is 6.99. The zero-order valence-corrected chi connectivity index (χ0v) is 8.42. The molecular weight excluding hydrogens is 182 g/mol. The lowest BCUT2D eigenvalue weighted by Gasteiger charge is -2.03. The molecule has 0 aliphatic rings. The second kappa shape index (κ2) is 3.47. The van der Waals surface area contributed by atoms with E-state index < -0.39 is 0 Å². The summed E-state index contributed by atoms with van der Waals surface area (Å²) in [5, 5.41) is 0. The molecule has 0 aromatic carbocycles. The van der Waals surface area contributed by atoms with Gasteiger partial charge in [0.1, 0.15) is 0 Å². The Bertz CT molecular complexity index is 362. The van der Waals surface area contributed by atoms with Crippen molar-refractivity contribution < 1.29 is 0 Å². The molecule has 2 N–H and O–H groups in total. The summed E-state index contributed by atoms with van der Waals surface area (Å²) in [6.45, 7) is 2.92. The number of hydrogen-bond acceptors (Lipinski definition) is 3. The highest BCUT2D eigenvalue weighted by Crippen LogP contribution is 2.18. The van der Waals surface area contributed by atoms with Crippen LogP contribution in [-0.2, 0) is 6.42 Å². The molecule has 2 aromatic rings. The van der Waals surface area contributed by atoms with Crippen LogP contribution in [0.2, 0.25) is 0 Å². The van der Waals surface area contributed by atoms with Crippen molar-refractivity contribution in [3.05, 3.63) is 23.5 Å². The minimum atomic E-state index is 0.559. The predicted octanol–water partition coefficient (Wildman–Crippen LogP) is 1.53. The average molecular weight is 195 g/mol. The van der Waals surface area contributed by atoms with Gasteiger partial charge in [0.25, 0.3) is 0 Å². The maximum atomic E-state index is 5.57. The topological polar surface area (TPSA) is 43.3 Å². The summed E-state index contributed by atoms with van der Waals surface area (Å²) >= 11 is 1.74. The molecule has 0 aliphatic carbocycles. The number of imidazole rings is 1. The van der Waals surface area contributed by atoms with Gasteiger partial charge < -0.3 is 5.73 Å². The zero-order valence-electron chi connectivity index (χ0n) is 7.60. The van der Waals surface area contributed by atoms with Gasteiger partial charge in [0.05, 0.1) is 0 Å². The van der Waals surface area contributed by atoms with Crippen molar-refractivity contribution in [3.8, 4) is 0 Å². The Morgan fingerprint density at radius 1 is 1.69 bits per heavy atom. The number of fused-ring (bicyclic) bond motifs is 1. The van der Waals surface area contributed by atoms with E-state index in [2.05, 4.69) is 22.5 Å². The number of aromatic nitrogens is 2. The molecule has 1 atom stereocenters. The molecule has 0 saturated carbocycles. The molecule has 70 valence electrons. The van der Waals surface area contributed by atoms with E-state index in [1.807, 2.05) is 12.4 Å². The van der Waals surface area contributed by atoms with Crippen LogP contribution in [0.15, 0.2) is 18.6 Å². The van der Waals surface area contributed by atoms with Crippen LogP contribution in [0, 0.1) is 5.92 Å². The Morgan fingerprint density at radius 3 is 3.23 bits per heavy atom. The van der Waals surface area contributed by atoms with Crippen LogP contribution in [0.5, 0.6) is 0 Å². The summed E-state index contributed by atoms with van der Waals surface area (Å²) in [5.41, 5.74) is 5.57. The number of nitrogens with two attached hydrogens (primary N) is 1. The SMILES string of the molecule is CC(CN)Cc1cn2ccnc2s1. The monoisotopic (exact) mass is 195 g/mol. The first-order chi connectivity index (χ1) is 6.29. The lowest BCUT2D eigenvalue weighted by Crippen LogP contribution is -2.12. The molecule has 2 aromatic heterocycles. The summed E-state index contributed by atoms with van der Waals surface area (Å²) in [6, 6.07) is 0. The quantitative estimate of drug-likeness (QED) is 0.807. The van der Waals surface area contributed by atoms with Crippen molar-refractivity contribution in [1.29, 1.82) is 0 Å². The van der Waals surface area contributed by atoms with Crippen molar-refractivity contribution in [1.82, 2.24) is 9.38 Å². The van der Waals surface area contributed by atoms with Gasteiger partial charge in [-0.05, 0) is 18.9 Å². The Morgan fingerprint density at radius 2 is 2.54 bits per heavy atom. The lowest BCUT2D eigenvalue weighted by atomic mass is 10.1. The predicted molar refractivity (Wildman–Crippen MR) is 55.0 cm³/mol. The highest BCUT2D eigenvalue weighted by atomic mass is 32.1. The van der Waals surface area contributed by atoms with Crippen molar-refractivity contribution in [3.63, 3.8) is 0 Å². The lowest BCUT2D eigenvalue weighted by molar-refractivity contribution is 0.597. The molecule has 3 nitrogen and oxygen atoms in total. The highest BCUT2D eigenvalue weighted by molar-refractivity contribution is 7.17. The molecule has 13 heavy (non-hydrogen) atoms. The Labute approximate surface area is 81.2 Å². The minimum absolute atomic E-state index is 0.559. The highest BCUT2D eigenvalue weighted by Gasteiger charge is 2.05. The minimum Gasteiger partial charge on any atom is -0.330 e. The van der Waals surface area contributed by atoms with E-state index in [0.29, 0.717) is 5.92 Å². The van der Waals surface area contributed by atoms with Gasteiger partial charge in [-0.3, -0.25) is 4.40 Å². The van der Waals surface area contributed by atoms with E-state index >= 15 is 0 Å². The molecule has 0 spiro atoms. The van der Waals surface area contributed by atoms with E-state index in [-0.39, 0.29) is 0 Å². The number of thiazole rings is 1. The van der Waals surface area contributed by atoms with E-state index in [0.717, 1.165) is 17.9 Å². The molecule has 4 heteroatoms. The second-order valence-corrected chi connectivity index (χ2v) is 4.45. The third kappa shape index (κ3) is 1.73. The molecule has 2 rings (SSSR count). The van der Waals surface area contributed by atoms with Gasteiger partial charge in [0.15, 0.2) is 4.96 Å². The molecule has 0 aliphatic heterocycles. The summed E-state index contributed by atoms with van der Waals surface area (Å²) in [7, 11) is 0. The fourth-order valence-corrected chi connectivity index (χ4v) is 2.40.